The first-order valence-electron chi connectivity index (χ1n) is 6.00. The summed E-state index contributed by atoms with van der Waals surface area (Å²) >= 11 is 1.10. The summed E-state index contributed by atoms with van der Waals surface area (Å²) in [4.78, 5) is 27.2. The zero-order valence-electron chi connectivity index (χ0n) is 11.3. The molecular weight excluding hydrogens is 278 g/mol. The van der Waals surface area contributed by atoms with Gasteiger partial charge in [0.05, 0.1) is 7.11 Å². The van der Waals surface area contributed by atoms with Crippen molar-refractivity contribution < 1.29 is 9.53 Å². The normalized spacial score (nSPS) is 10.3. The van der Waals surface area contributed by atoms with Crippen molar-refractivity contribution in [3.05, 3.63) is 44.6 Å². The molecule has 2 heterocycles. The number of aromatic nitrogens is 2. The average molecular weight is 293 g/mol. The number of methoxy groups -OCH3 is 1. The van der Waals surface area contributed by atoms with E-state index in [1.807, 2.05) is 6.07 Å². The zero-order chi connectivity index (χ0) is 14.5. The minimum absolute atomic E-state index is 0.0394. The lowest BCUT2D eigenvalue weighted by atomic mass is 10.3. The molecule has 0 aromatic carbocycles. The third kappa shape index (κ3) is 3.45. The number of hydrogen-bond donors (Lipinski definition) is 1. The van der Waals surface area contributed by atoms with Crippen molar-refractivity contribution in [1.82, 2.24) is 14.9 Å². The van der Waals surface area contributed by atoms with Gasteiger partial charge < -0.3 is 10.1 Å². The number of carbonyl (C=O) groups excluding carboxylic acids is 1. The van der Waals surface area contributed by atoms with Crippen molar-refractivity contribution in [2.45, 2.75) is 20.0 Å². The lowest BCUT2D eigenvalue weighted by Gasteiger charge is -2.07. The molecule has 6 nitrogen and oxygen atoms in total. The molecule has 106 valence electrons. The molecule has 0 fully saturated rings. The maximum Gasteiger partial charge on any atom is 0.307 e. The molecule has 20 heavy (non-hydrogen) atoms. The molecule has 0 saturated heterocycles. The molecule has 0 saturated carbocycles. The second-order valence-electron chi connectivity index (χ2n) is 4.21. The Morgan fingerprint density at radius 3 is 2.85 bits per heavy atom. The van der Waals surface area contributed by atoms with Gasteiger partial charge in [0.25, 0.3) is 0 Å². The fraction of sp³-hybridized carbons (Fsp3) is 0.308. The molecule has 2 aromatic heterocycles. The van der Waals surface area contributed by atoms with Crippen molar-refractivity contribution >= 4 is 17.2 Å². The largest absolute Gasteiger partial charge is 0.481 e. The van der Waals surface area contributed by atoms with E-state index in [-0.39, 0.29) is 17.3 Å². The van der Waals surface area contributed by atoms with Gasteiger partial charge >= 0.3 is 4.87 Å². The van der Waals surface area contributed by atoms with Crippen LogP contribution in [0.15, 0.2) is 28.5 Å². The summed E-state index contributed by atoms with van der Waals surface area (Å²) in [5, 5.41) is 4.49. The van der Waals surface area contributed by atoms with E-state index in [4.69, 9.17) is 4.74 Å². The van der Waals surface area contributed by atoms with Gasteiger partial charge in [0, 0.05) is 29.9 Å². The molecule has 0 radical (unpaired) electrons. The van der Waals surface area contributed by atoms with E-state index in [1.165, 1.54) is 4.57 Å². The van der Waals surface area contributed by atoms with E-state index in [1.54, 1.807) is 31.7 Å². The summed E-state index contributed by atoms with van der Waals surface area (Å²) < 4.78 is 6.41. The van der Waals surface area contributed by atoms with Gasteiger partial charge in [-0.3, -0.25) is 14.2 Å². The van der Waals surface area contributed by atoms with Gasteiger partial charge in [-0.25, -0.2) is 4.98 Å². The number of hydrogen-bond acceptors (Lipinski definition) is 5. The summed E-state index contributed by atoms with van der Waals surface area (Å²) in [7, 11) is 1.55. The molecule has 0 aliphatic rings. The van der Waals surface area contributed by atoms with Crippen LogP contribution in [0, 0.1) is 6.92 Å². The smallest absolute Gasteiger partial charge is 0.307 e. The highest BCUT2D eigenvalue weighted by Gasteiger charge is 2.08. The predicted molar refractivity (Wildman–Crippen MR) is 76.0 cm³/mol. The Kier molecular flexibility index (Phi) is 4.52. The van der Waals surface area contributed by atoms with Gasteiger partial charge in [-0.2, -0.15) is 0 Å². The molecule has 2 aromatic rings. The number of carbonyl (C=O) groups is 1. The molecule has 0 unspecified atom stereocenters. The van der Waals surface area contributed by atoms with Crippen LogP contribution in [0.4, 0.5) is 0 Å². The van der Waals surface area contributed by atoms with Crippen molar-refractivity contribution in [2.75, 3.05) is 7.11 Å². The SMILES string of the molecule is COc1ccc(CNC(=O)Cn2c(C)csc2=O)cn1. The Balaban J connectivity index is 1.90. The van der Waals surface area contributed by atoms with E-state index >= 15 is 0 Å². The topological polar surface area (TPSA) is 73.2 Å². The third-order valence-corrected chi connectivity index (χ3v) is 3.66. The summed E-state index contributed by atoms with van der Waals surface area (Å²) in [6.07, 6.45) is 1.64. The van der Waals surface area contributed by atoms with Crippen LogP contribution < -0.4 is 14.9 Å². The van der Waals surface area contributed by atoms with Gasteiger partial charge in [-0.15, -0.1) is 0 Å². The fourth-order valence-corrected chi connectivity index (χ4v) is 2.37. The molecule has 1 N–H and O–H groups in total. The summed E-state index contributed by atoms with van der Waals surface area (Å²) in [6.45, 7) is 2.21. The van der Waals surface area contributed by atoms with E-state index in [0.29, 0.717) is 12.4 Å². The van der Waals surface area contributed by atoms with Crippen LogP contribution in [0.25, 0.3) is 0 Å². The van der Waals surface area contributed by atoms with Crippen molar-refractivity contribution in [3.8, 4) is 5.88 Å². The van der Waals surface area contributed by atoms with Crippen molar-refractivity contribution in [1.29, 1.82) is 0 Å². The van der Waals surface area contributed by atoms with Crippen LogP contribution in [0.2, 0.25) is 0 Å². The highest BCUT2D eigenvalue weighted by atomic mass is 32.1. The lowest BCUT2D eigenvalue weighted by Crippen LogP contribution is -2.30. The average Bonchev–Trinajstić information content (AvgIpc) is 2.77. The number of aryl methyl sites for hydroxylation is 1. The molecule has 0 spiro atoms. The first-order chi connectivity index (χ1) is 9.60. The monoisotopic (exact) mass is 293 g/mol. The number of pyridine rings is 1. The van der Waals surface area contributed by atoms with Crippen LogP contribution in [0.5, 0.6) is 5.88 Å². The van der Waals surface area contributed by atoms with Crippen LogP contribution in [0.3, 0.4) is 0 Å². The number of ether oxygens (including phenoxy) is 1. The van der Waals surface area contributed by atoms with Crippen LogP contribution >= 0.6 is 11.3 Å². The molecule has 1 amide bonds. The highest BCUT2D eigenvalue weighted by molar-refractivity contribution is 7.07. The molecule has 0 atom stereocenters. The van der Waals surface area contributed by atoms with Gasteiger partial charge in [-0.05, 0) is 12.5 Å². The molecular formula is C13H15N3O3S. The third-order valence-electron chi connectivity index (χ3n) is 2.77. The van der Waals surface area contributed by atoms with Crippen molar-refractivity contribution in [3.63, 3.8) is 0 Å². The maximum atomic E-state index is 11.8. The van der Waals surface area contributed by atoms with Crippen molar-refractivity contribution in [2.24, 2.45) is 0 Å². The Bertz CT molecular complexity index is 646. The summed E-state index contributed by atoms with van der Waals surface area (Å²) in [5.74, 6) is 0.324. The number of rotatable bonds is 5. The van der Waals surface area contributed by atoms with E-state index in [2.05, 4.69) is 10.3 Å². The second-order valence-corrected chi connectivity index (χ2v) is 5.04. The molecule has 0 aliphatic heterocycles. The minimum atomic E-state index is -0.204. The van der Waals surface area contributed by atoms with E-state index in [9.17, 15) is 9.59 Å². The number of nitrogens with zero attached hydrogens (tertiary/aromatic N) is 2. The standard InChI is InChI=1S/C13H15N3O3S/c1-9-8-20-13(18)16(9)7-11(17)14-5-10-3-4-12(19-2)15-6-10/h3-4,6,8H,5,7H2,1-2H3,(H,14,17). The highest BCUT2D eigenvalue weighted by Crippen LogP contribution is 2.06. The number of thiazole rings is 1. The quantitative estimate of drug-likeness (QED) is 0.890. The van der Waals surface area contributed by atoms with Crippen LogP contribution in [-0.2, 0) is 17.9 Å². The molecule has 2 rings (SSSR count). The summed E-state index contributed by atoms with van der Waals surface area (Å²) in [5.41, 5.74) is 1.66. The van der Waals surface area contributed by atoms with E-state index < -0.39 is 0 Å². The first-order valence-corrected chi connectivity index (χ1v) is 6.88. The number of nitrogens with one attached hydrogen (secondary N) is 1. The lowest BCUT2D eigenvalue weighted by molar-refractivity contribution is -0.121. The van der Waals surface area contributed by atoms with Gasteiger partial charge in [0.1, 0.15) is 6.54 Å². The minimum Gasteiger partial charge on any atom is -0.481 e. The molecule has 7 heteroatoms. The van der Waals surface area contributed by atoms with Gasteiger partial charge in [-0.1, -0.05) is 17.4 Å². The Morgan fingerprint density at radius 2 is 2.30 bits per heavy atom. The predicted octanol–water partition coefficient (Wildman–Crippen LogP) is 0.938. The maximum absolute atomic E-state index is 11.8. The second kappa shape index (κ2) is 6.33. The molecule has 0 bridgehead atoms. The fourth-order valence-electron chi connectivity index (χ4n) is 1.63. The zero-order valence-corrected chi connectivity index (χ0v) is 12.1. The van der Waals surface area contributed by atoms with Gasteiger partial charge in [0.15, 0.2) is 0 Å². The Labute approximate surface area is 120 Å². The number of amides is 1. The molecule has 0 aliphatic carbocycles. The Morgan fingerprint density at radius 1 is 1.50 bits per heavy atom. The first kappa shape index (κ1) is 14.3. The Hall–Kier alpha value is -2.15. The van der Waals surface area contributed by atoms with Gasteiger partial charge in [0.2, 0.25) is 11.8 Å². The van der Waals surface area contributed by atoms with Crippen LogP contribution in [-0.4, -0.2) is 22.6 Å². The van der Waals surface area contributed by atoms with Crippen LogP contribution in [0.1, 0.15) is 11.3 Å². The van der Waals surface area contributed by atoms with E-state index in [0.717, 1.165) is 22.6 Å². The summed E-state index contributed by atoms with van der Waals surface area (Å²) in [6, 6.07) is 3.56.